The van der Waals surface area contributed by atoms with Gasteiger partial charge < -0.3 is 15.1 Å². The van der Waals surface area contributed by atoms with Crippen LogP contribution in [0.1, 0.15) is 24.0 Å². The molecule has 0 unspecified atom stereocenters. The molecule has 1 aliphatic rings. The van der Waals surface area contributed by atoms with E-state index in [-0.39, 0.29) is 23.2 Å². The summed E-state index contributed by atoms with van der Waals surface area (Å²) in [5.41, 5.74) is 6.95. The van der Waals surface area contributed by atoms with Crippen LogP contribution in [0.5, 0.6) is 0 Å². The highest BCUT2D eigenvalue weighted by molar-refractivity contribution is 5.92. The van der Waals surface area contributed by atoms with Gasteiger partial charge in [0.05, 0.1) is 10.9 Å². The highest BCUT2D eigenvalue weighted by Gasteiger charge is 2.24. The molecule has 1 fully saturated rings. The van der Waals surface area contributed by atoms with E-state index in [1.54, 1.807) is 17.0 Å². The number of nitrogens with two attached hydrogens (primary N) is 1. The lowest BCUT2D eigenvalue weighted by Crippen LogP contribution is -2.41. The molecule has 6 nitrogen and oxygen atoms in total. The van der Waals surface area contributed by atoms with Gasteiger partial charge in [0, 0.05) is 25.1 Å². The largest absolute Gasteiger partial charge is 0.463 e. The Bertz CT molecular complexity index is 905. The highest BCUT2D eigenvalue weighted by Crippen LogP contribution is 2.17. The maximum atomic E-state index is 12.5. The SMILES string of the molecule is Cc1ccc2occ(/C=C/C(=O)N3CCC(C(N)=O)CC3)c(=O)c2c1. The van der Waals surface area contributed by atoms with Crippen LogP contribution >= 0.6 is 0 Å². The van der Waals surface area contributed by atoms with E-state index in [0.29, 0.717) is 42.5 Å². The second-order valence-corrected chi connectivity index (χ2v) is 6.36. The number of hydrogen-bond acceptors (Lipinski definition) is 4. The number of rotatable bonds is 3. The van der Waals surface area contributed by atoms with Crippen LogP contribution in [0.2, 0.25) is 0 Å². The predicted molar refractivity (Wildman–Crippen MR) is 94.8 cm³/mol. The Labute approximate surface area is 144 Å². The molecule has 2 aromatic rings. The fraction of sp³-hybridized carbons (Fsp3) is 0.316. The van der Waals surface area contributed by atoms with Gasteiger partial charge in [-0.25, -0.2) is 0 Å². The van der Waals surface area contributed by atoms with Gasteiger partial charge in [-0.05, 0) is 38.0 Å². The van der Waals surface area contributed by atoms with Crippen molar-refractivity contribution in [3.05, 3.63) is 51.9 Å². The van der Waals surface area contributed by atoms with Crippen LogP contribution in [-0.2, 0) is 9.59 Å². The zero-order valence-electron chi connectivity index (χ0n) is 14.0. The number of likely N-dealkylation sites (tertiary alicyclic amines) is 1. The lowest BCUT2D eigenvalue weighted by Gasteiger charge is -2.29. The van der Waals surface area contributed by atoms with E-state index in [9.17, 15) is 14.4 Å². The highest BCUT2D eigenvalue weighted by atomic mass is 16.3. The van der Waals surface area contributed by atoms with Crippen LogP contribution in [-0.4, -0.2) is 29.8 Å². The summed E-state index contributed by atoms with van der Waals surface area (Å²) in [5, 5.41) is 0.497. The number of piperidine rings is 1. The van der Waals surface area contributed by atoms with E-state index in [0.717, 1.165) is 5.56 Å². The standard InChI is InChI=1S/C19H20N2O4/c1-12-2-4-16-15(10-12)18(23)14(11-25-16)3-5-17(22)21-8-6-13(7-9-21)19(20)24/h2-5,10-11,13H,6-9H2,1H3,(H2,20,24)/b5-3+. The molecule has 0 bridgehead atoms. The van der Waals surface area contributed by atoms with Crippen molar-refractivity contribution < 1.29 is 14.0 Å². The Morgan fingerprint density at radius 3 is 2.68 bits per heavy atom. The van der Waals surface area contributed by atoms with Gasteiger partial charge in [-0.3, -0.25) is 14.4 Å². The van der Waals surface area contributed by atoms with Crippen molar-refractivity contribution in [3.63, 3.8) is 0 Å². The first-order valence-corrected chi connectivity index (χ1v) is 8.24. The first-order chi connectivity index (χ1) is 12.0. The average Bonchev–Trinajstić information content (AvgIpc) is 2.61. The van der Waals surface area contributed by atoms with Gasteiger partial charge in [0.1, 0.15) is 11.8 Å². The van der Waals surface area contributed by atoms with E-state index in [2.05, 4.69) is 0 Å². The number of benzene rings is 1. The second kappa shape index (κ2) is 6.93. The van der Waals surface area contributed by atoms with Crippen molar-refractivity contribution in [2.45, 2.75) is 19.8 Å². The van der Waals surface area contributed by atoms with E-state index in [1.165, 1.54) is 18.4 Å². The molecule has 0 aliphatic carbocycles. The minimum Gasteiger partial charge on any atom is -0.463 e. The number of hydrogen-bond donors (Lipinski definition) is 1. The summed E-state index contributed by atoms with van der Waals surface area (Å²) >= 11 is 0. The third-order valence-corrected chi connectivity index (χ3v) is 4.57. The van der Waals surface area contributed by atoms with Crippen molar-refractivity contribution in [2.75, 3.05) is 13.1 Å². The summed E-state index contributed by atoms with van der Waals surface area (Å²) in [7, 11) is 0. The average molecular weight is 340 g/mol. The molecule has 2 heterocycles. The van der Waals surface area contributed by atoms with Crippen molar-refractivity contribution in [1.82, 2.24) is 4.90 Å². The van der Waals surface area contributed by atoms with Crippen LogP contribution in [0.4, 0.5) is 0 Å². The smallest absolute Gasteiger partial charge is 0.246 e. The molecule has 1 saturated heterocycles. The Morgan fingerprint density at radius 2 is 2.00 bits per heavy atom. The molecular formula is C19H20N2O4. The Hall–Kier alpha value is -2.89. The Kier molecular flexibility index (Phi) is 4.70. The molecule has 1 aliphatic heterocycles. The lowest BCUT2D eigenvalue weighted by atomic mass is 9.96. The van der Waals surface area contributed by atoms with Crippen LogP contribution in [0, 0.1) is 12.8 Å². The molecule has 6 heteroatoms. The summed E-state index contributed by atoms with van der Waals surface area (Å²) in [5.74, 6) is -0.665. The molecule has 0 spiro atoms. The molecular weight excluding hydrogens is 320 g/mol. The Morgan fingerprint density at radius 1 is 1.28 bits per heavy atom. The summed E-state index contributed by atoms with van der Waals surface area (Å²) in [6, 6.07) is 5.41. The normalized spacial score (nSPS) is 15.8. The summed E-state index contributed by atoms with van der Waals surface area (Å²) in [6.07, 6.45) is 5.37. The predicted octanol–water partition coefficient (Wildman–Crippen LogP) is 1.84. The first-order valence-electron chi connectivity index (χ1n) is 8.24. The molecule has 0 saturated carbocycles. The minimum atomic E-state index is -0.313. The molecule has 0 atom stereocenters. The molecule has 2 amide bonds. The Balaban J connectivity index is 1.75. The van der Waals surface area contributed by atoms with Crippen LogP contribution < -0.4 is 11.2 Å². The van der Waals surface area contributed by atoms with E-state index < -0.39 is 0 Å². The van der Waals surface area contributed by atoms with Crippen molar-refractivity contribution >= 4 is 28.9 Å². The van der Waals surface area contributed by atoms with Gasteiger partial charge in [0.25, 0.3) is 0 Å². The zero-order chi connectivity index (χ0) is 18.0. The van der Waals surface area contributed by atoms with Crippen molar-refractivity contribution in [2.24, 2.45) is 11.7 Å². The molecule has 0 radical (unpaired) electrons. The number of primary amides is 1. The van der Waals surface area contributed by atoms with Gasteiger partial charge in [0.2, 0.25) is 11.8 Å². The lowest BCUT2D eigenvalue weighted by molar-refractivity contribution is -0.130. The van der Waals surface area contributed by atoms with Gasteiger partial charge in [-0.15, -0.1) is 0 Å². The van der Waals surface area contributed by atoms with Gasteiger partial charge in [-0.2, -0.15) is 0 Å². The van der Waals surface area contributed by atoms with Gasteiger partial charge in [0.15, 0.2) is 5.43 Å². The number of fused-ring (bicyclic) bond motifs is 1. The summed E-state index contributed by atoms with van der Waals surface area (Å²) in [4.78, 5) is 37.6. The number of aryl methyl sites for hydroxylation is 1. The summed E-state index contributed by atoms with van der Waals surface area (Å²) in [6.45, 7) is 2.88. The quantitative estimate of drug-likeness (QED) is 0.863. The van der Waals surface area contributed by atoms with E-state index in [4.69, 9.17) is 10.2 Å². The van der Waals surface area contributed by atoms with Crippen LogP contribution in [0.3, 0.4) is 0 Å². The maximum Gasteiger partial charge on any atom is 0.246 e. The van der Waals surface area contributed by atoms with Crippen molar-refractivity contribution in [3.8, 4) is 0 Å². The number of nitrogens with zero attached hydrogens (tertiary/aromatic N) is 1. The summed E-state index contributed by atoms with van der Waals surface area (Å²) < 4.78 is 5.47. The minimum absolute atomic E-state index is 0.163. The van der Waals surface area contributed by atoms with Crippen LogP contribution in [0.15, 0.2) is 39.7 Å². The third kappa shape index (κ3) is 3.63. The molecule has 1 aromatic carbocycles. The van der Waals surface area contributed by atoms with Crippen LogP contribution in [0.25, 0.3) is 17.0 Å². The van der Waals surface area contributed by atoms with Gasteiger partial charge in [-0.1, -0.05) is 11.6 Å². The fourth-order valence-electron chi connectivity index (χ4n) is 3.03. The van der Waals surface area contributed by atoms with Crippen molar-refractivity contribution in [1.29, 1.82) is 0 Å². The zero-order valence-corrected chi connectivity index (χ0v) is 14.0. The number of carbonyl (C=O) groups is 2. The number of amides is 2. The molecule has 2 N–H and O–H groups in total. The van der Waals surface area contributed by atoms with Gasteiger partial charge >= 0.3 is 0 Å². The fourth-order valence-corrected chi connectivity index (χ4v) is 3.03. The molecule has 25 heavy (non-hydrogen) atoms. The topological polar surface area (TPSA) is 93.6 Å². The number of carbonyl (C=O) groups excluding carboxylic acids is 2. The third-order valence-electron chi connectivity index (χ3n) is 4.57. The monoisotopic (exact) mass is 340 g/mol. The molecule has 3 rings (SSSR count). The first kappa shape index (κ1) is 17.0. The van der Waals surface area contributed by atoms with E-state index in [1.807, 2.05) is 13.0 Å². The maximum absolute atomic E-state index is 12.5. The molecule has 130 valence electrons. The van der Waals surface area contributed by atoms with E-state index >= 15 is 0 Å². The molecule has 1 aromatic heterocycles. The second-order valence-electron chi connectivity index (χ2n) is 6.36.